The molecule has 0 saturated heterocycles. The Bertz CT molecular complexity index is 863. The fourth-order valence-electron chi connectivity index (χ4n) is 3.79. The molecule has 6 N–H and O–H groups in total. The van der Waals surface area contributed by atoms with E-state index >= 15 is 0 Å². The number of carbonyl (C=O) groups is 4. The highest BCUT2D eigenvalue weighted by atomic mass is 16.4. The van der Waals surface area contributed by atoms with Crippen LogP contribution in [0.15, 0.2) is 30.3 Å². The van der Waals surface area contributed by atoms with Crippen LogP contribution in [0.25, 0.3) is 0 Å². The lowest BCUT2D eigenvalue weighted by atomic mass is 9.93. The van der Waals surface area contributed by atoms with Crippen LogP contribution in [0.2, 0.25) is 0 Å². The molecule has 9 nitrogen and oxygen atoms in total. The van der Waals surface area contributed by atoms with Gasteiger partial charge in [-0.05, 0) is 29.7 Å². The Labute approximate surface area is 215 Å². The Balaban J connectivity index is 3.03. The van der Waals surface area contributed by atoms with E-state index in [2.05, 4.69) is 16.0 Å². The summed E-state index contributed by atoms with van der Waals surface area (Å²) in [6.45, 7) is 11.1. The molecule has 36 heavy (non-hydrogen) atoms. The van der Waals surface area contributed by atoms with Gasteiger partial charge in [0.25, 0.3) is 0 Å². The number of nitrogens with two attached hydrogens (primary N) is 1. The van der Waals surface area contributed by atoms with Crippen LogP contribution < -0.4 is 21.7 Å². The molecule has 7 atom stereocenters. The third kappa shape index (κ3) is 9.26. The number of carbonyl (C=O) groups excluding carboxylic acids is 3. The van der Waals surface area contributed by atoms with E-state index in [-0.39, 0.29) is 17.8 Å². The fraction of sp³-hybridized carbons (Fsp3) is 0.630. The van der Waals surface area contributed by atoms with Gasteiger partial charge in [-0.15, -0.1) is 0 Å². The zero-order valence-electron chi connectivity index (χ0n) is 22.4. The highest BCUT2D eigenvalue weighted by molar-refractivity contribution is 5.94. The highest BCUT2D eigenvalue weighted by Crippen LogP contribution is 2.14. The summed E-state index contributed by atoms with van der Waals surface area (Å²) in [5.41, 5.74) is 7.03. The second kappa shape index (κ2) is 15.2. The predicted octanol–water partition coefficient (Wildman–Crippen LogP) is 2.23. The van der Waals surface area contributed by atoms with Gasteiger partial charge in [-0.2, -0.15) is 0 Å². The Morgan fingerprint density at radius 3 is 1.53 bits per heavy atom. The average molecular weight is 505 g/mol. The van der Waals surface area contributed by atoms with Crippen molar-refractivity contribution in [3.63, 3.8) is 0 Å². The van der Waals surface area contributed by atoms with Crippen molar-refractivity contribution in [2.24, 2.45) is 23.5 Å². The molecule has 1 aromatic rings. The Hall–Kier alpha value is -2.94. The molecule has 1 aromatic carbocycles. The topological polar surface area (TPSA) is 151 Å². The Kier molecular flexibility index (Phi) is 13.2. The normalized spacial score (nSPS) is 17.0. The van der Waals surface area contributed by atoms with E-state index < -0.39 is 47.9 Å². The van der Waals surface area contributed by atoms with Crippen LogP contribution in [-0.4, -0.2) is 53.0 Å². The zero-order chi connectivity index (χ0) is 27.4. The van der Waals surface area contributed by atoms with Crippen molar-refractivity contribution >= 4 is 23.7 Å². The van der Waals surface area contributed by atoms with Gasteiger partial charge in [0.1, 0.15) is 18.1 Å². The van der Waals surface area contributed by atoms with Crippen LogP contribution in [0.5, 0.6) is 0 Å². The summed E-state index contributed by atoms with van der Waals surface area (Å²) in [4.78, 5) is 51.0. The molecule has 9 heteroatoms. The van der Waals surface area contributed by atoms with Crippen molar-refractivity contribution < 1.29 is 24.3 Å². The van der Waals surface area contributed by atoms with Gasteiger partial charge >= 0.3 is 5.97 Å². The summed E-state index contributed by atoms with van der Waals surface area (Å²) in [6, 6.07) is 5.62. The number of hydrogen-bond donors (Lipinski definition) is 5. The van der Waals surface area contributed by atoms with Crippen molar-refractivity contribution in [1.29, 1.82) is 0 Å². The smallest absolute Gasteiger partial charge is 0.326 e. The van der Waals surface area contributed by atoms with Crippen molar-refractivity contribution in [1.82, 2.24) is 16.0 Å². The molecule has 0 aliphatic rings. The van der Waals surface area contributed by atoms with Crippen molar-refractivity contribution in [3.05, 3.63) is 35.9 Å². The monoisotopic (exact) mass is 504 g/mol. The van der Waals surface area contributed by atoms with Crippen LogP contribution >= 0.6 is 0 Å². The molecule has 0 spiro atoms. The van der Waals surface area contributed by atoms with E-state index in [4.69, 9.17) is 5.73 Å². The first-order valence-electron chi connectivity index (χ1n) is 12.9. The summed E-state index contributed by atoms with van der Waals surface area (Å²) in [7, 11) is 0. The molecule has 0 bridgehead atoms. The predicted molar refractivity (Wildman–Crippen MR) is 140 cm³/mol. The molecule has 0 radical (unpaired) electrons. The first kappa shape index (κ1) is 31.1. The molecule has 0 fully saturated rings. The molecular formula is C27H44N4O5. The number of hydrogen-bond acceptors (Lipinski definition) is 5. The highest BCUT2D eigenvalue weighted by Gasteiger charge is 2.35. The maximum absolute atomic E-state index is 13.3. The van der Waals surface area contributed by atoms with E-state index in [1.165, 1.54) is 0 Å². The van der Waals surface area contributed by atoms with Crippen LogP contribution in [-0.2, 0) is 25.6 Å². The van der Waals surface area contributed by atoms with Crippen LogP contribution in [0.1, 0.15) is 66.4 Å². The minimum absolute atomic E-state index is 0.217. The van der Waals surface area contributed by atoms with Gasteiger partial charge in [0.05, 0.1) is 6.04 Å². The average Bonchev–Trinajstić information content (AvgIpc) is 2.87. The van der Waals surface area contributed by atoms with Crippen molar-refractivity contribution in [3.8, 4) is 0 Å². The largest absolute Gasteiger partial charge is 0.480 e. The maximum Gasteiger partial charge on any atom is 0.326 e. The summed E-state index contributed by atoms with van der Waals surface area (Å²) < 4.78 is 0. The minimum Gasteiger partial charge on any atom is -0.480 e. The first-order valence-corrected chi connectivity index (χ1v) is 12.9. The fourth-order valence-corrected chi connectivity index (χ4v) is 3.79. The molecule has 0 aliphatic carbocycles. The van der Waals surface area contributed by atoms with Crippen LogP contribution in [0.4, 0.5) is 0 Å². The molecule has 0 saturated carbocycles. The van der Waals surface area contributed by atoms with Crippen LogP contribution in [0.3, 0.4) is 0 Å². The van der Waals surface area contributed by atoms with Gasteiger partial charge in [-0.25, -0.2) is 4.79 Å². The number of nitrogens with one attached hydrogen (secondary N) is 3. The second-order valence-electron chi connectivity index (χ2n) is 9.75. The molecule has 3 amide bonds. The minimum atomic E-state index is -1.12. The number of rotatable bonds is 15. The van der Waals surface area contributed by atoms with Gasteiger partial charge in [0, 0.05) is 0 Å². The Morgan fingerprint density at radius 2 is 1.11 bits per heavy atom. The number of benzene rings is 1. The second-order valence-corrected chi connectivity index (χ2v) is 9.75. The van der Waals surface area contributed by atoms with E-state index in [0.29, 0.717) is 25.7 Å². The lowest BCUT2D eigenvalue weighted by Gasteiger charge is -2.30. The molecule has 0 unspecified atom stereocenters. The van der Waals surface area contributed by atoms with Gasteiger partial charge < -0.3 is 26.8 Å². The molecule has 0 heterocycles. The first-order chi connectivity index (χ1) is 17.0. The molecular weight excluding hydrogens is 460 g/mol. The third-order valence-electron chi connectivity index (χ3n) is 7.00. The number of carboxylic acid groups (broad SMARTS) is 1. The van der Waals surface area contributed by atoms with Crippen molar-refractivity contribution in [2.75, 3.05) is 0 Å². The maximum atomic E-state index is 13.3. The summed E-state index contributed by atoms with van der Waals surface area (Å²) in [5, 5.41) is 17.7. The zero-order valence-corrected chi connectivity index (χ0v) is 22.4. The lowest BCUT2D eigenvalue weighted by molar-refractivity contribution is -0.144. The summed E-state index contributed by atoms with van der Waals surface area (Å²) >= 11 is 0. The quantitative estimate of drug-likeness (QED) is 0.247. The number of amides is 3. The standard InChI is InChI=1S/C27H44N4O5/c1-7-16(4)21(29-24(32)20(28)15-19-13-11-10-12-14-19)25(33)30-22(17(5)8-2)26(34)31-23(27(35)36)18(6)9-3/h10-14,16-18,20-23H,7-9,15,28H2,1-6H3,(H,29,32)(H,30,33)(H,31,34)(H,35,36)/t16-,17-,18-,20-,21-,22-,23-/m0/s1. The number of carboxylic acids is 1. The number of aliphatic carboxylic acids is 1. The van der Waals surface area contributed by atoms with Crippen molar-refractivity contribution in [2.45, 2.75) is 91.4 Å². The SMILES string of the molecule is CC[C@H](C)[C@H](NC(=O)[C@@H](NC(=O)[C@@H](NC(=O)[C@@H](N)Cc1ccccc1)[C@@H](C)CC)[C@@H](C)CC)C(=O)O. The van der Waals surface area contributed by atoms with Gasteiger partial charge in [0.2, 0.25) is 17.7 Å². The van der Waals surface area contributed by atoms with E-state index in [0.717, 1.165) is 5.56 Å². The molecule has 0 aliphatic heterocycles. The van der Waals surface area contributed by atoms with E-state index in [1.54, 1.807) is 6.92 Å². The van der Waals surface area contributed by atoms with E-state index in [9.17, 15) is 24.3 Å². The van der Waals surface area contributed by atoms with Crippen LogP contribution in [0, 0.1) is 17.8 Å². The summed E-state index contributed by atoms with van der Waals surface area (Å²) in [5.74, 6) is -3.38. The lowest BCUT2D eigenvalue weighted by Crippen LogP contribution is -2.60. The van der Waals surface area contributed by atoms with E-state index in [1.807, 2.05) is 65.0 Å². The van der Waals surface area contributed by atoms with Gasteiger partial charge in [-0.3, -0.25) is 14.4 Å². The molecule has 1 rings (SSSR count). The molecule has 202 valence electrons. The van der Waals surface area contributed by atoms with Gasteiger partial charge in [-0.1, -0.05) is 91.1 Å². The third-order valence-corrected chi connectivity index (χ3v) is 7.00. The van der Waals surface area contributed by atoms with Gasteiger partial charge in [0.15, 0.2) is 0 Å². The Morgan fingerprint density at radius 1 is 0.722 bits per heavy atom. The summed E-state index contributed by atoms with van der Waals surface area (Å²) in [6.07, 6.45) is 2.10. The molecule has 0 aromatic heterocycles.